The molecule has 0 aliphatic carbocycles. The smallest absolute Gasteiger partial charge is 0.195 e. The van der Waals surface area contributed by atoms with Crippen molar-refractivity contribution in [3.8, 4) is 0 Å². The van der Waals surface area contributed by atoms with Crippen LogP contribution in [-0.4, -0.2) is 62.3 Å². The molecule has 0 saturated heterocycles. The molecule has 0 bridgehead atoms. The Bertz CT molecular complexity index is 165. The lowest BCUT2D eigenvalue weighted by Crippen LogP contribution is -2.46. The fourth-order valence-corrected chi connectivity index (χ4v) is 0.877. The van der Waals surface area contributed by atoms with E-state index in [1.165, 1.54) is 0 Å². The van der Waals surface area contributed by atoms with Gasteiger partial charge in [0, 0.05) is 0 Å². The first-order valence-corrected chi connectivity index (χ1v) is 4.32. The standard InChI is InChI=1S/C8H16O6/c1-2-4(10)6(12)8(14)7(13)5(11)3-9/h4-7,9-13H,2-3H2,1H3. The molecule has 0 spiro atoms. The van der Waals surface area contributed by atoms with Gasteiger partial charge in [-0.2, -0.15) is 0 Å². The molecule has 0 heterocycles. The molecule has 4 atom stereocenters. The van der Waals surface area contributed by atoms with Gasteiger partial charge in [0.05, 0.1) is 12.7 Å². The fraction of sp³-hybridized carbons (Fsp3) is 0.875. The summed E-state index contributed by atoms with van der Waals surface area (Å²) in [6.45, 7) is 0.762. The number of Topliss-reactive ketones (excluding diaryl/α,β-unsaturated/α-hetero) is 1. The van der Waals surface area contributed by atoms with Gasteiger partial charge in [0.2, 0.25) is 0 Å². The summed E-state index contributed by atoms with van der Waals surface area (Å²) in [7, 11) is 0. The molecule has 0 amide bonds. The van der Waals surface area contributed by atoms with Crippen molar-refractivity contribution >= 4 is 5.78 Å². The van der Waals surface area contributed by atoms with Gasteiger partial charge in [0.25, 0.3) is 0 Å². The van der Waals surface area contributed by atoms with Crippen molar-refractivity contribution in [3.63, 3.8) is 0 Å². The van der Waals surface area contributed by atoms with Gasteiger partial charge in [0.1, 0.15) is 18.3 Å². The zero-order valence-electron chi connectivity index (χ0n) is 7.87. The summed E-state index contributed by atoms with van der Waals surface area (Å²) in [4.78, 5) is 11.1. The van der Waals surface area contributed by atoms with Crippen molar-refractivity contribution in [2.45, 2.75) is 37.8 Å². The SMILES string of the molecule is CCC(O)C(O)C(=O)C(O)C(O)CO. The van der Waals surface area contributed by atoms with Crippen molar-refractivity contribution in [1.29, 1.82) is 0 Å². The molecule has 0 aliphatic heterocycles. The summed E-state index contributed by atoms with van der Waals surface area (Å²) in [5, 5.41) is 44.6. The van der Waals surface area contributed by atoms with E-state index < -0.39 is 36.8 Å². The normalized spacial score (nSPS) is 19.9. The molecule has 0 rings (SSSR count). The highest BCUT2D eigenvalue weighted by Crippen LogP contribution is 2.05. The molecular formula is C8H16O6. The maximum absolute atomic E-state index is 11.1. The molecule has 84 valence electrons. The van der Waals surface area contributed by atoms with Crippen LogP contribution in [0.15, 0.2) is 0 Å². The minimum atomic E-state index is -1.88. The quantitative estimate of drug-likeness (QED) is 0.327. The second-order valence-corrected chi connectivity index (χ2v) is 3.02. The Hall–Kier alpha value is -0.530. The average molecular weight is 208 g/mol. The van der Waals surface area contributed by atoms with Crippen molar-refractivity contribution in [1.82, 2.24) is 0 Å². The van der Waals surface area contributed by atoms with Crippen molar-refractivity contribution in [2.75, 3.05) is 6.61 Å². The number of aliphatic hydroxyl groups is 5. The molecule has 0 saturated carbocycles. The molecule has 6 heteroatoms. The number of carbonyl (C=O) groups excluding carboxylic acids is 1. The molecule has 6 nitrogen and oxygen atoms in total. The summed E-state index contributed by atoms with van der Waals surface area (Å²) in [5.41, 5.74) is 0. The minimum Gasteiger partial charge on any atom is -0.394 e. The highest BCUT2D eigenvalue weighted by atomic mass is 16.4. The first kappa shape index (κ1) is 13.5. The molecule has 0 fully saturated rings. The van der Waals surface area contributed by atoms with E-state index >= 15 is 0 Å². The molecule has 14 heavy (non-hydrogen) atoms. The fourth-order valence-electron chi connectivity index (χ4n) is 0.877. The van der Waals surface area contributed by atoms with E-state index in [1.807, 2.05) is 0 Å². The monoisotopic (exact) mass is 208 g/mol. The van der Waals surface area contributed by atoms with Gasteiger partial charge in [-0.05, 0) is 6.42 Å². The first-order valence-electron chi connectivity index (χ1n) is 4.32. The maximum Gasteiger partial charge on any atom is 0.195 e. The Kier molecular flexibility index (Phi) is 5.82. The summed E-state index contributed by atoms with van der Waals surface area (Å²) in [6.07, 6.45) is -6.38. The van der Waals surface area contributed by atoms with E-state index in [0.29, 0.717) is 0 Å². The zero-order chi connectivity index (χ0) is 11.3. The van der Waals surface area contributed by atoms with E-state index in [1.54, 1.807) is 6.92 Å². The number of aliphatic hydroxyl groups excluding tert-OH is 5. The Morgan fingerprint density at radius 2 is 1.50 bits per heavy atom. The number of ketones is 1. The second-order valence-electron chi connectivity index (χ2n) is 3.02. The van der Waals surface area contributed by atoms with E-state index in [0.717, 1.165) is 0 Å². The second kappa shape index (κ2) is 6.05. The van der Waals surface area contributed by atoms with E-state index in [-0.39, 0.29) is 6.42 Å². The summed E-state index contributed by atoms with van der Waals surface area (Å²) >= 11 is 0. The summed E-state index contributed by atoms with van der Waals surface area (Å²) in [6, 6.07) is 0. The molecule has 5 N–H and O–H groups in total. The summed E-state index contributed by atoms with van der Waals surface area (Å²) in [5.74, 6) is -1.10. The van der Waals surface area contributed by atoms with E-state index in [2.05, 4.69) is 0 Å². The van der Waals surface area contributed by atoms with Crippen LogP contribution in [0.4, 0.5) is 0 Å². The number of rotatable bonds is 6. The molecule has 0 aromatic rings. The molecule has 0 radical (unpaired) electrons. The van der Waals surface area contributed by atoms with Crippen LogP contribution < -0.4 is 0 Å². The van der Waals surface area contributed by atoms with Gasteiger partial charge in [-0.25, -0.2) is 0 Å². The van der Waals surface area contributed by atoms with Crippen molar-refractivity contribution in [3.05, 3.63) is 0 Å². The van der Waals surface area contributed by atoms with Crippen molar-refractivity contribution in [2.24, 2.45) is 0 Å². The summed E-state index contributed by atoms with van der Waals surface area (Å²) < 4.78 is 0. The van der Waals surface area contributed by atoms with Gasteiger partial charge in [0.15, 0.2) is 5.78 Å². The van der Waals surface area contributed by atoms with Gasteiger partial charge in [-0.15, -0.1) is 0 Å². The van der Waals surface area contributed by atoms with Gasteiger partial charge in [-0.3, -0.25) is 4.79 Å². The topological polar surface area (TPSA) is 118 Å². The van der Waals surface area contributed by atoms with Crippen LogP contribution >= 0.6 is 0 Å². The molecule has 0 aromatic carbocycles. The minimum absolute atomic E-state index is 0.148. The largest absolute Gasteiger partial charge is 0.394 e. The predicted molar refractivity (Wildman–Crippen MR) is 46.4 cm³/mol. The Morgan fingerprint density at radius 1 is 1.07 bits per heavy atom. The number of hydrogen-bond donors (Lipinski definition) is 5. The molecule has 0 aromatic heterocycles. The Balaban J connectivity index is 4.31. The first-order chi connectivity index (χ1) is 6.45. The van der Waals surface area contributed by atoms with Crippen LogP contribution in [0.25, 0.3) is 0 Å². The van der Waals surface area contributed by atoms with Gasteiger partial charge < -0.3 is 25.5 Å². The van der Waals surface area contributed by atoms with Crippen LogP contribution in [0.3, 0.4) is 0 Å². The van der Waals surface area contributed by atoms with E-state index in [4.69, 9.17) is 25.5 Å². The number of carbonyl (C=O) groups is 1. The number of hydrogen-bond acceptors (Lipinski definition) is 6. The average Bonchev–Trinajstić information content (AvgIpc) is 2.23. The van der Waals surface area contributed by atoms with Crippen molar-refractivity contribution < 1.29 is 30.3 Å². The van der Waals surface area contributed by atoms with Crippen LogP contribution in [0.1, 0.15) is 13.3 Å². The Labute approximate surface area is 81.4 Å². The Morgan fingerprint density at radius 3 is 1.86 bits per heavy atom. The highest BCUT2D eigenvalue weighted by Gasteiger charge is 2.32. The van der Waals surface area contributed by atoms with Gasteiger partial charge in [-0.1, -0.05) is 6.92 Å². The van der Waals surface area contributed by atoms with Crippen LogP contribution in [0.5, 0.6) is 0 Å². The van der Waals surface area contributed by atoms with Crippen LogP contribution in [0, 0.1) is 0 Å². The van der Waals surface area contributed by atoms with E-state index in [9.17, 15) is 4.79 Å². The predicted octanol–water partition coefficient (Wildman–Crippen LogP) is -2.60. The molecular weight excluding hydrogens is 192 g/mol. The lowest BCUT2D eigenvalue weighted by atomic mass is 10.0. The lowest BCUT2D eigenvalue weighted by Gasteiger charge is -2.20. The zero-order valence-corrected chi connectivity index (χ0v) is 7.87. The third kappa shape index (κ3) is 3.32. The lowest BCUT2D eigenvalue weighted by molar-refractivity contribution is -0.148. The highest BCUT2D eigenvalue weighted by molar-refractivity contribution is 5.88. The van der Waals surface area contributed by atoms with Crippen LogP contribution in [0.2, 0.25) is 0 Å². The molecule has 4 unspecified atom stereocenters. The van der Waals surface area contributed by atoms with Gasteiger partial charge >= 0.3 is 0 Å². The van der Waals surface area contributed by atoms with Crippen LogP contribution in [-0.2, 0) is 4.79 Å². The maximum atomic E-state index is 11.1. The molecule has 0 aliphatic rings. The third-order valence-electron chi connectivity index (χ3n) is 1.92. The third-order valence-corrected chi connectivity index (χ3v) is 1.92.